The quantitative estimate of drug-likeness (QED) is 0.730. The zero-order chi connectivity index (χ0) is 17.1. The molecule has 0 aliphatic carbocycles. The van der Waals surface area contributed by atoms with Gasteiger partial charge in [-0.3, -0.25) is 9.59 Å². The van der Waals surface area contributed by atoms with E-state index in [2.05, 4.69) is 20.6 Å². The van der Waals surface area contributed by atoms with Gasteiger partial charge in [-0.05, 0) is 30.0 Å². The number of aromatic nitrogens is 1. The summed E-state index contributed by atoms with van der Waals surface area (Å²) in [5.74, 6) is -0.433. The Labute approximate surface area is 145 Å². The fourth-order valence-electron chi connectivity index (χ4n) is 1.84. The van der Waals surface area contributed by atoms with Gasteiger partial charge in [-0.25, -0.2) is 9.98 Å². The number of rotatable bonds is 3. The van der Waals surface area contributed by atoms with E-state index in [1.807, 2.05) is 0 Å². The van der Waals surface area contributed by atoms with E-state index >= 15 is 0 Å². The molecule has 1 aliphatic heterocycles. The molecular formula is C15H12N4O3S2. The molecule has 3 rings (SSSR count). The number of aromatic hydroxyl groups is 1. The van der Waals surface area contributed by atoms with E-state index in [0.29, 0.717) is 20.9 Å². The third-order valence-electron chi connectivity index (χ3n) is 2.83. The summed E-state index contributed by atoms with van der Waals surface area (Å²) in [4.78, 5) is 32.5. The molecule has 122 valence electrons. The van der Waals surface area contributed by atoms with Gasteiger partial charge in [0.2, 0.25) is 5.91 Å². The van der Waals surface area contributed by atoms with Crippen molar-refractivity contribution in [2.24, 2.45) is 4.99 Å². The second kappa shape index (κ2) is 6.85. The third-order valence-corrected chi connectivity index (χ3v) is 4.60. The molecule has 7 nitrogen and oxygen atoms in total. The van der Waals surface area contributed by atoms with Gasteiger partial charge >= 0.3 is 0 Å². The Bertz CT molecular complexity index is 873. The Kier molecular flexibility index (Phi) is 4.63. The topological polar surface area (TPSA) is 104 Å². The van der Waals surface area contributed by atoms with Crippen LogP contribution in [0.3, 0.4) is 0 Å². The number of hydrogen-bond acceptors (Lipinski definition) is 7. The van der Waals surface area contributed by atoms with Crippen molar-refractivity contribution in [1.29, 1.82) is 0 Å². The molecule has 1 saturated heterocycles. The van der Waals surface area contributed by atoms with Crippen molar-refractivity contribution in [3.63, 3.8) is 0 Å². The smallest absolute Gasteiger partial charge is 0.264 e. The number of nitrogens with one attached hydrogen (secondary N) is 2. The van der Waals surface area contributed by atoms with E-state index in [1.165, 1.54) is 36.1 Å². The van der Waals surface area contributed by atoms with Gasteiger partial charge in [0.25, 0.3) is 5.91 Å². The van der Waals surface area contributed by atoms with Gasteiger partial charge < -0.3 is 15.7 Å². The lowest BCUT2D eigenvalue weighted by atomic mass is 10.3. The lowest BCUT2D eigenvalue weighted by molar-refractivity contribution is -0.115. The van der Waals surface area contributed by atoms with E-state index < -0.39 is 0 Å². The van der Waals surface area contributed by atoms with Crippen LogP contribution in [-0.4, -0.2) is 27.1 Å². The van der Waals surface area contributed by atoms with Crippen LogP contribution in [0.25, 0.3) is 6.08 Å². The highest BCUT2D eigenvalue weighted by atomic mass is 32.2. The predicted molar refractivity (Wildman–Crippen MR) is 95.3 cm³/mol. The van der Waals surface area contributed by atoms with Crippen LogP contribution in [-0.2, 0) is 9.59 Å². The first-order valence-corrected chi connectivity index (χ1v) is 8.45. The van der Waals surface area contributed by atoms with E-state index in [-0.39, 0.29) is 17.6 Å². The average molecular weight is 360 g/mol. The lowest BCUT2D eigenvalue weighted by Crippen LogP contribution is -2.19. The van der Waals surface area contributed by atoms with Gasteiger partial charge in [-0.2, -0.15) is 0 Å². The standard InChI is InChI=1S/C15H12N4O3S2/c1-8(20)17-14-16-7-9(23-14)6-12-13(22)19-15(24-12)18-10-4-2-3-5-11(10)21/h2-7,21H,1H3,(H,16,17,20)(H,18,19,22)/b12-6-. The normalized spacial score (nSPS) is 17.3. The van der Waals surface area contributed by atoms with E-state index in [1.54, 1.807) is 30.5 Å². The molecule has 2 heterocycles. The van der Waals surface area contributed by atoms with Crippen molar-refractivity contribution in [2.75, 3.05) is 5.32 Å². The zero-order valence-electron chi connectivity index (χ0n) is 12.4. The van der Waals surface area contributed by atoms with Gasteiger partial charge in [-0.15, -0.1) is 0 Å². The number of aliphatic imine (C=N–C) groups is 1. The van der Waals surface area contributed by atoms with Crippen molar-refractivity contribution in [3.8, 4) is 5.75 Å². The second-order valence-electron chi connectivity index (χ2n) is 4.72. The molecule has 0 spiro atoms. The number of anilines is 1. The number of phenolic OH excluding ortho intramolecular Hbond substituents is 1. The summed E-state index contributed by atoms with van der Waals surface area (Å²) < 4.78 is 0. The number of amides is 2. The number of nitrogens with zero attached hydrogens (tertiary/aromatic N) is 2. The highest BCUT2D eigenvalue weighted by molar-refractivity contribution is 8.18. The van der Waals surface area contributed by atoms with Crippen LogP contribution >= 0.6 is 23.1 Å². The average Bonchev–Trinajstić information content (AvgIpc) is 3.08. The molecule has 24 heavy (non-hydrogen) atoms. The van der Waals surface area contributed by atoms with Gasteiger partial charge in [0.1, 0.15) is 11.4 Å². The van der Waals surface area contributed by atoms with Gasteiger partial charge in [-0.1, -0.05) is 23.5 Å². The molecule has 0 radical (unpaired) electrons. The SMILES string of the molecule is CC(=O)Nc1ncc(/C=C2\SC(=Nc3ccccc3O)NC2=O)s1. The fourth-order valence-corrected chi connectivity index (χ4v) is 3.55. The van der Waals surface area contributed by atoms with Crippen LogP contribution in [0, 0.1) is 0 Å². The zero-order valence-corrected chi connectivity index (χ0v) is 14.1. The molecule has 0 saturated carbocycles. The summed E-state index contributed by atoms with van der Waals surface area (Å²) in [5, 5.41) is 15.8. The van der Waals surface area contributed by atoms with Crippen LogP contribution in [0.2, 0.25) is 0 Å². The van der Waals surface area contributed by atoms with Crippen LogP contribution in [0.15, 0.2) is 40.4 Å². The molecule has 3 N–H and O–H groups in total. The van der Waals surface area contributed by atoms with Crippen LogP contribution in [0.1, 0.15) is 11.8 Å². The maximum absolute atomic E-state index is 12.0. The molecule has 0 bridgehead atoms. The number of thioether (sulfide) groups is 1. The third kappa shape index (κ3) is 3.81. The monoisotopic (exact) mass is 360 g/mol. The van der Waals surface area contributed by atoms with Crippen molar-refractivity contribution in [1.82, 2.24) is 10.3 Å². The number of hydrogen-bond donors (Lipinski definition) is 3. The second-order valence-corrected chi connectivity index (χ2v) is 6.81. The molecular weight excluding hydrogens is 348 g/mol. The molecule has 1 aliphatic rings. The Hall–Kier alpha value is -2.65. The van der Waals surface area contributed by atoms with E-state index in [0.717, 1.165) is 4.88 Å². The fraction of sp³-hybridized carbons (Fsp3) is 0.0667. The Morgan fingerprint density at radius 3 is 2.96 bits per heavy atom. The Morgan fingerprint density at radius 2 is 2.21 bits per heavy atom. The number of para-hydroxylation sites is 2. The number of benzene rings is 1. The Balaban J connectivity index is 1.78. The molecule has 1 aromatic carbocycles. The Morgan fingerprint density at radius 1 is 1.42 bits per heavy atom. The first-order valence-electron chi connectivity index (χ1n) is 6.82. The maximum Gasteiger partial charge on any atom is 0.264 e. The lowest BCUT2D eigenvalue weighted by Gasteiger charge is -1.98. The number of thiazole rings is 1. The molecule has 1 fully saturated rings. The summed E-state index contributed by atoms with van der Waals surface area (Å²) >= 11 is 2.44. The summed E-state index contributed by atoms with van der Waals surface area (Å²) in [7, 11) is 0. The largest absolute Gasteiger partial charge is 0.506 e. The van der Waals surface area contributed by atoms with Gasteiger partial charge in [0.15, 0.2) is 10.3 Å². The minimum absolute atomic E-state index is 0.0414. The van der Waals surface area contributed by atoms with E-state index in [4.69, 9.17) is 0 Å². The first-order chi connectivity index (χ1) is 11.5. The summed E-state index contributed by atoms with van der Waals surface area (Å²) in [5.41, 5.74) is 0.382. The highest BCUT2D eigenvalue weighted by Crippen LogP contribution is 2.32. The number of carbonyl (C=O) groups is 2. The summed E-state index contributed by atoms with van der Waals surface area (Å²) in [6.07, 6.45) is 3.26. The molecule has 0 unspecified atom stereocenters. The van der Waals surface area contributed by atoms with Crippen molar-refractivity contribution >= 4 is 57.0 Å². The molecule has 2 amide bonds. The predicted octanol–water partition coefficient (Wildman–Crippen LogP) is 2.70. The van der Waals surface area contributed by atoms with Gasteiger partial charge in [0.05, 0.1) is 9.78 Å². The highest BCUT2D eigenvalue weighted by Gasteiger charge is 2.24. The minimum atomic E-state index is -0.274. The van der Waals surface area contributed by atoms with Gasteiger partial charge in [0, 0.05) is 13.1 Å². The molecule has 9 heteroatoms. The number of phenols is 1. The number of amidine groups is 1. The summed E-state index contributed by atoms with van der Waals surface area (Å²) in [6.45, 7) is 1.40. The van der Waals surface area contributed by atoms with Crippen LogP contribution < -0.4 is 10.6 Å². The van der Waals surface area contributed by atoms with Crippen LogP contribution in [0.5, 0.6) is 5.75 Å². The first kappa shape index (κ1) is 16.2. The minimum Gasteiger partial charge on any atom is -0.506 e. The van der Waals surface area contributed by atoms with Crippen molar-refractivity contribution in [2.45, 2.75) is 6.92 Å². The van der Waals surface area contributed by atoms with Crippen LogP contribution in [0.4, 0.5) is 10.8 Å². The molecule has 0 atom stereocenters. The van der Waals surface area contributed by atoms with Crippen molar-refractivity contribution in [3.05, 3.63) is 40.2 Å². The molecule has 1 aromatic heterocycles. The summed E-state index contributed by atoms with van der Waals surface area (Å²) in [6, 6.07) is 6.62. The molecule has 2 aromatic rings. The maximum atomic E-state index is 12.0. The number of carbonyl (C=O) groups excluding carboxylic acids is 2. The van der Waals surface area contributed by atoms with Crippen molar-refractivity contribution < 1.29 is 14.7 Å². The van der Waals surface area contributed by atoms with E-state index in [9.17, 15) is 14.7 Å².